The summed E-state index contributed by atoms with van der Waals surface area (Å²) in [7, 11) is 0. The van der Waals surface area contributed by atoms with E-state index in [1.54, 1.807) is 12.1 Å². The summed E-state index contributed by atoms with van der Waals surface area (Å²) in [5.41, 5.74) is 5.93. The van der Waals surface area contributed by atoms with Gasteiger partial charge < -0.3 is 19.7 Å². The summed E-state index contributed by atoms with van der Waals surface area (Å²) in [6.07, 6.45) is 6.26. The van der Waals surface area contributed by atoms with E-state index in [2.05, 4.69) is 40.2 Å². The zero-order chi connectivity index (χ0) is 25.6. The Morgan fingerprint density at radius 3 is 2.54 bits per heavy atom. The number of aromatic hydroxyl groups is 1. The predicted molar refractivity (Wildman–Crippen MR) is 147 cm³/mol. The van der Waals surface area contributed by atoms with Gasteiger partial charge in [-0.1, -0.05) is 49.6 Å². The zero-order valence-electron chi connectivity index (χ0n) is 21.6. The number of carbonyl (C=O) groups is 1. The number of benzene rings is 3. The maximum atomic E-state index is 13.5. The van der Waals surface area contributed by atoms with Crippen molar-refractivity contribution < 1.29 is 14.6 Å². The molecule has 1 aliphatic heterocycles. The Morgan fingerprint density at radius 1 is 1.00 bits per heavy atom. The molecule has 1 aliphatic carbocycles. The van der Waals surface area contributed by atoms with Crippen LogP contribution < -0.4 is 10.1 Å². The number of ether oxygens (including phenoxy) is 1. The molecule has 5 heteroatoms. The van der Waals surface area contributed by atoms with Gasteiger partial charge in [0, 0.05) is 22.0 Å². The molecule has 0 unspecified atom stereocenters. The fraction of sp³-hybridized carbons (Fsp3) is 0.344. The van der Waals surface area contributed by atoms with E-state index in [0.29, 0.717) is 18.1 Å². The van der Waals surface area contributed by atoms with Gasteiger partial charge in [-0.15, -0.1) is 0 Å². The van der Waals surface area contributed by atoms with Crippen LogP contribution in [0.1, 0.15) is 73.4 Å². The summed E-state index contributed by atoms with van der Waals surface area (Å²) in [5, 5.41) is 14.1. The summed E-state index contributed by atoms with van der Waals surface area (Å²) in [4.78, 5) is 13.5. The third-order valence-corrected chi connectivity index (χ3v) is 8.11. The van der Waals surface area contributed by atoms with E-state index in [0.717, 1.165) is 28.9 Å². The number of nitrogens with zero attached hydrogens (tertiary/aromatic N) is 1. The van der Waals surface area contributed by atoms with E-state index in [4.69, 9.17) is 4.74 Å². The van der Waals surface area contributed by atoms with Gasteiger partial charge >= 0.3 is 0 Å². The number of hydrogen-bond donors (Lipinski definition) is 2. The van der Waals surface area contributed by atoms with Crippen molar-refractivity contribution in [1.29, 1.82) is 0 Å². The average Bonchev–Trinajstić information content (AvgIpc) is 3.10. The van der Waals surface area contributed by atoms with Crippen molar-refractivity contribution in [2.24, 2.45) is 0 Å². The molecule has 1 saturated carbocycles. The third-order valence-electron chi connectivity index (χ3n) is 8.11. The second-order valence-corrected chi connectivity index (χ2v) is 11.0. The normalized spacial score (nSPS) is 15.9. The van der Waals surface area contributed by atoms with E-state index < -0.39 is 5.54 Å². The van der Waals surface area contributed by atoms with Crippen LogP contribution in [-0.4, -0.2) is 22.2 Å². The highest BCUT2D eigenvalue weighted by molar-refractivity contribution is 6.01. The molecular formula is C32H34N2O3. The van der Waals surface area contributed by atoms with Crippen molar-refractivity contribution in [1.82, 2.24) is 9.88 Å². The van der Waals surface area contributed by atoms with Gasteiger partial charge in [0.05, 0.1) is 17.8 Å². The molecule has 6 rings (SSSR count). The second kappa shape index (κ2) is 9.29. The maximum Gasteiger partial charge on any atom is 0.252 e. The molecule has 5 nitrogen and oxygen atoms in total. The number of aromatic nitrogens is 1. The minimum atomic E-state index is -0.587. The van der Waals surface area contributed by atoms with Gasteiger partial charge in [-0.05, 0) is 80.1 Å². The number of rotatable bonds is 4. The number of nitrogens with one attached hydrogen (secondary N) is 1. The zero-order valence-corrected chi connectivity index (χ0v) is 21.6. The monoisotopic (exact) mass is 494 g/mol. The minimum absolute atomic E-state index is 0.111. The summed E-state index contributed by atoms with van der Waals surface area (Å²) < 4.78 is 8.55. The number of carbonyl (C=O) groups excluding carboxylic acids is 1. The van der Waals surface area contributed by atoms with Crippen molar-refractivity contribution in [3.63, 3.8) is 0 Å². The fourth-order valence-corrected chi connectivity index (χ4v) is 6.19. The van der Waals surface area contributed by atoms with Gasteiger partial charge in [-0.3, -0.25) is 4.79 Å². The minimum Gasteiger partial charge on any atom is -0.508 e. The maximum absolute atomic E-state index is 13.5. The molecule has 0 atom stereocenters. The van der Waals surface area contributed by atoms with E-state index in [-0.39, 0.29) is 11.7 Å². The van der Waals surface area contributed by atoms with Crippen LogP contribution in [0.2, 0.25) is 0 Å². The van der Waals surface area contributed by atoms with Crippen LogP contribution in [0, 0.1) is 0 Å². The van der Waals surface area contributed by atoms with Gasteiger partial charge in [0.25, 0.3) is 5.91 Å². The smallest absolute Gasteiger partial charge is 0.252 e. The Labute approximate surface area is 218 Å². The Hall–Kier alpha value is -3.73. The largest absolute Gasteiger partial charge is 0.508 e. The number of hydrogen-bond acceptors (Lipinski definition) is 3. The molecule has 1 aromatic heterocycles. The molecule has 1 amide bonds. The first-order chi connectivity index (χ1) is 17.9. The molecule has 0 bridgehead atoms. The molecule has 0 spiro atoms. The van der Waals surface area contributed by atoms with Gasteiger partial charge in [0.1, 0.15) is 18.1 Å². The number of phenolic OH excluding ortho intramolecular Hbond substituents is 1. The van der Waals surface area contributed by atoms with Crippen LogP contribution in [0.5, 0.6) is 11.5 Å². The number of fused-ring (bicyclic) bond motifs is 5. The lowest BCUT2D eigenvalue weighted by Gasteiger charge is -2.27. The summed E-state index contributed by atoms with van der Waals surface area (Å²) in [6, 6.07) is 21.5. The lowest BCUT2D eigenvalue weighted by Crippen LogP contribution is -2.40. The van der Waals surface area contributed by atoms with Crippen LogP contribution >= 0.6 is 0 Å². The topological polar surface area (TPSA) is 63.5 Å². The van der Waals surface area contributed by atoms with Gasteiger partial charge in [-0.25, -0.2) is 0 Å². The van der Waals surface area contributed by atoms with Crippen molar-refractivity contribution in [2.45, 2.75) is 64.0 Å². The molecule has 0 saturated heterocycles. The fourth-order valence-electron chi connectivity index (χ4n) is 6.19. The Kier molecular flexibility index (Phi) is 5.94. The van der Waals surface area contributed by atoms with Crippen LogP contribution in [0.3, 0.4) is 0 Å². The SMILES string of the molecule is CC(C)(NC(=O)c1ccc2c(C3CCCCC3)c3n(c2c1)CCOc1ccccc1-3)c1ccc(O)cc1. The van der Waals surface area contributed by atoms with Crippen LogP contribution in [0.4, 0.5) is 0 Å². The van der Waals surface area contributed by atoms with Crippen LogP contribution in [0.15, 0.2) is 66.7 Å². The molecule has 4 aromatic rings. The van der Waals surface area contributed by atoms with Gasteiger partial charge in [0.2, 0.25) is 0 Å². The first kappa shape index (κ1) is 23.7. The highest BCUT2D eigenvalue weighted by Gasteiger charge is 2.30. The van der Waals surface area contributed by atoms with E-state index in [1.165, 1.54) is 48.7 Å². The standard InChI is InChI=1S/C32H34N2O3/c1-32(2,23-13-15-24(35)16-14-23)33-31(36)22-12-17-25-27(20-22)34-18-19-37-28-11-7-6-10-26(28)30(34)29(25)21-8-4-3-5-9-21/h6-7,10-17,20-21,35H,3-5,8-9,18-19H2,1-2H3,(H,33,36). The molecule has 2 aliphatic rings. The molecule has 2 N–H and O–H groups in total. The van der Waals surface area contributed by atoms with Gasteiger partial charge in [-0.2, -0.15) is 0 Å². The second-order valence-electron chi connectivity index (χ2n) is 11.0. The summed E-state index contributed by atoms with van der Waals surface area (Å²) in [5.74, 6) is 1.56. The molecule has 1 fully saturated rings. The molecule has 0 radical (unpaired) electrons. The van der Waals surface area contributed by atoms with Crippen molar-refractivity contribution >= 4 is 16.8 Å². The molecule has 37 heavy (non-hydrogen) atoms. The lowest BCUT2D eigenvalue weighted by molar-refractivity contribution is 0.0912. The lowest BCUT2D eigenvalue weighted by atomic mass is 9.81. The third kappa shape index (κ3) is 4.26. The summed E-state index contributed by atoms with van der Waals surface area (Å²) >= 11 is 0. The Balaban J connectivity index is 1.44. The van der Waals surface area contributed by atoms with Crippen molar-refractivity contribution in [3.8, 4) is 22.8 Å². The van der Waals surface area contributed by atoms with E-state index in [9.17, 15) is 9.90 Å². The van der Waals surface area contributed by atoms with Crippen LogP contribution in [-0.2, 0) is 12.1 Å². The first-order valence-corrected chi connectivity index (χ1v) is 13.4. The van der Waals surface area contributed by atoms with E-state index >= 15 is 0 Å². The average molecular weight is 495 g/mol. The van der Waals surface area contributed by atoms with Crippen molar-refractivity contribution in [2.75, 3.05) is 6.61 Å². The highest BCUT2D eigenvalue weighted by atomic mass is 16.5. The summed E-state index contributed by atoms with van der Waals surface area (Å²) in [6.45, 7) is 5.31. The number of amides is 1. The number of phenols is 1. The van der Waals surface area contributed by atoms with E-state index in [1.807, 2.05) is 38.1 Å². The Bertz CT molecular complexity index is 1460. The van der Waals surface area contributed by atoms with Gasteiger partial charge in [0.15, 0.2) is 0 Å². The number of para-hydroxylation sites is 1. The first-order valence-electron chi connectivity index (χ1n) is 13.4. The Morgan fingerprint density at radius 2 is 1.76 bits per heavy atom. The van der Waals surface area contributed by atoms with Crippen LogP contribution in [0.25, 0.3) is 22.2 Å². The predicted octanol–water partition coefficient (Wildman–Crippen LogP) is 7.12. The molecule has 2 heterocycles. The quantitative estimate of drug-likeness (QED) is 0.317. The highest BCUT2D eigenvalue weighted by Crippen LogP contribution is 2.47. The van der Waals surface area contributed by atoms with Crippen molar-refractivity contribution in [3.05, 3.63) is 83.4 Å². The molecular weight excluding hydrogens is 460 g/mol. The molecule has 3 aromatic carbocycles. The molecule has 190 valence electrons.